The van der Waals surface area contributed by atoms with Crippen molar-refractivity contribution in [3.63, 3.8) is 0 Å². The van der Waals surface area contributed by atoms with Crippen LogP contribution in [0.25, 0.3) is 11.1 Å². The molecule has 338 valence electrons. The molecule has 1 atom stereocenters. The zero-order valence-electron chi connectivity index (χ0n) is 36.7. The molecule has 4 aliphatic heterocycles. The molecule has 6 heterocycles. The Balaban J connectivity index is 0.845. The highest BCUT2D eigenvalue weighted by molar-refractivity contribution is 7.70. The molecule has 3 fully saturated rings. The number of anilines is 6. The highest BCUT2D eigenvalue weighted by atomic mass is 35.5. The second-order valence-electron chi connectivity index (χ2n) is 17.4. The Kier molecular flexibility index (Phi) is 12.1. The maximum absolute atomic E-state index is 13.4. The van der Waals surface area contributed by atoms with Crippen molar-refractivity contribution in [3.05, 3.63) is 89.3 Å². The van der Waals surface area contributed by atoms with Gasteiger partial charge in [0.05, 0.1) is 42.0 Å². The molecule has 0 bridgehead atoms. The second-order valence-corrected chi connectivity index (χ2v) is 21.0. The minimum atomic E-state index is -2.60. The average molecular weight is 920 g/mol. The number of carbonyl (C=O) groups excluding carboxylic acids is 4. The second kappa shape index (κ2) is 17.9. The summed E-state index contributed by atoms with van der Waals surface area (Å²) in [7, 11) is 0.938. The molecular weight excluding hydrogens is 869 g/mol. The van der Waals surface area contributed by atoms with Gasteiger partial charge in [0.25, 0.3) is 11.8 Å². The van der Waals surface area contributed by atoms with E-state index in [4.69, 9.17) is 21.3 Å². The first-order valence-corrected chi connectivity index (χ1v) is 24.7. The van der Waals surface area contributed by atoms with Gasteiger partial charge in [-0.2, -0.15) is 10.1 Å². The third-order valence-electron chi connectivity index (χ3n) is 12.7. The Bertz CT molecular complexity index is 2740. The summed E-state index contributed by atoms with van der Waals surface area (Å²) in [5, 5.41) is 14.4. The lowest BCUT2D eigenvalue weighted by Gasteiger charge is -2.40. The molecule has 1 unspecified atom stereocenters. The highest BCUT2D eigenvalue weighted by Crippen LogP contribution is 2.42. The number of para-hydroxylation sites is 1. The molecular formula is C46H51ClN11O6P. The fourth-order valence-corrected chi connectivity index (χ4v) is 10.6. The number of carbonyl (C=O) groups is 4. The van der Waals surface area contributed by atoms with Crippen LogP contribution in [0.3, 0.4) is 0 Å². The lowest BCUT2D eigenvalue weighted by atomic mass is 9.95. The van der Waals surface area contributed by atoms with Crippen molar-refractivity contribution in [2.45, 2.75) is 31.7 Å². The first kappa shape index (κ1) is 43.9. The van der Waals surface area contributed by atoms with Crippen LogP contribution in [0.1, 0.15) is 46.4 Å². The average Bonchev–Trinajstić information content (AvgIpc) is 3.84. The van der Waals surface area contributed by atoms with Crippen LogP contribution in [0.15, 0.2) is 73.2 Å². The smallest absolute Gasteiger partial charge is 0.262 e. The van der Waals surface area contributed by atoms with E-state index < -0.39 is 36.8 Å². The molecule has 0 radical (unpaired) electrons. The van der Waals surface area contributed by atoms with E-state index in [-0.39, 0.29) is 18.4 Å². The Morgan fingerprint density at radius 2 is 1.60 bits per heavy atom. The van der Waals surface area contributed by atoms with Crippen LogP contribution in [0.5, 0.6) is 5.75 Å². The number of fused-ring (bicyclic) bond motifs is 1. The Morgan fingerprint density at radius 1 is 0.846 bits per heavy atom. The Hall–Kier alpha value is -6.29. The summed E-state index contributed by atoms with van der Waals surface area (Å²) >= 11 is 6.57. The summed E-state index contributed by atoms with van der Waals surface area (Å²) in [6.45, 7) is 9.51. The fourth-order valence-electron chi connectivity index (χ4n) is 9.27. The van der Waals surface area contributed by atoms with Crippen LogP contribution < -0.4 is 35.8 Å². The molecule has 5 aromatic rings. The molecule has 65 heavy (non-hydrogen) atoms. The molecule has 0 saturated carbocycles. The van der Waals surface area contributed by atoms with Gasteiger partial charge in [0, 0.05) is 99.4 Å². The van der Waals surface area contributed by atoms with Gasteiger partial charge in [-0.05, 0) is 74.9 Å². The quantitative estimate of drug-likeness (QED) is 0.102. The minimum absolute atomic E-state index is 0.0838. The fraction of sp³-hybridized carbons (Fsp3) is 0.370. The molecule has 3 saturated heterocycles. The van der Waals surface area contributed by atoms with E-state index in [1.807, 2.05) is 55.8 Å². The van der Waals surface area contributed by atoms with Crippen molar-refractivity contribution in [2.24, 2.45) is 13.0 Å². The number of halogens is 1. The van der Waals surface area contributed by atoms with Crippen LogP contribution in [0.2, 0.25) is 5.02 Å². The molecule has 0 aliphatic carbocycles. The number of nitrogens with one attached hydrogen (secondary N) is 3. The van der Waals surface area contributed by atoms with Gasteiger partial charge in [0.2, 0.25) is 17.8 Å². The number of piperidine rings is 2. The summed E-state index contributed by atoms with van der Waals surface area (Å²) in [5.41, 5.74) is 5.76. The predicted octanol–water partition coefficient (Wildman–Crippen LogP) is 5.71. The van der Waals surface area contributed by atoms with Crippen LogP contribution in [0, 0.1) is 5.92 Å². The largest absolute Gasteiger partial charge is 0.494 e. The number of hydrogen-bond donors (Lipinski definition) is 3. The molecule has 19 heteroatoms. The van der Waals surface area contributed by atoms with Crippen molar-refractivity contribution in [1.29, 1.82) is 0 Å². The van der Waals surface area contributed by atoms with Gasteiger partial charge in [-0.15, -0.1) is 0 Å². The van der Waals surface area contributed by atoms with Crippen molar-refractivity contribution >= 4 is 82.2 Å². The molecule has 4 amide bonds. The van der Waals surface area contributed by atoms with Crippen molar-refractivity contribution < 1.29 is 28.5 Å². The summed E-state index contributed by atoms with van der Waals surface area (Å²) in [6.07, 6.45) is 7.56. The maximum atomic E-state index is 13.4. The summed E-state index contributed by atoms with van der Waals surface area (Å²) in [5.74, 6) is -0.205. The number of nitrogens with zero attached hydrogens (tertiary/aromatic N) is 8. The summed E-state index contributed by atoms with van der Waals surface area (Å²) < 4.78 is 20.8. The zero-order valence-corrected chi connectivity index (χ0v) is 38.4. The summed E-state index contributed by atoms with van der Waals surface area (Å²) in [4.78, 5) is 68.3. The van der Waals surface area contributed by atoms with Crippen LogP contribution in [-0.2, 0) is 21.2 Å². The number of imide groups is 2. The number of piperazine rings is 1. The zero-order chi connectivity index (χ0) is 45.6. The van der Waals surface area contributed by atoms with Crippen molar-refractivity contribution in [2.75, 3.05) is 86.7 Å². The molecule has 3 aromatic carbocycles. The first-order valence-electron chi connectivity index (χ1n) is 21.7. The third-order valence-corrected chi connectivity index (χ3v) is 14.5. The molecule has 9 rings (SSSR count). The van der Waals surface area contributed by atoms with Gasteiger partial charge in [0.1, 0.15) is 24.0 Å². The number of ether oxygens (including phenoxy) is 1. The van der Waals surface area contributed by atoms with E-state index in [1.165, 1.54) is 6.20 Å². The van der Waals surface area contributed by atoms with Gasteiger partial charge in [0.15, 0.2) is 5.82 Å². The Morgan fingerprint density at radius 3 is 2.31 bits per heavy atom. The third kappa shape index (κ3) is 9.05. The Labute approximate surface area is 381 Å². The van der Waals surface area contributed by atoms with E-state index in [0.29, 0.717) is 50.7 Å². The van der Waals surface area contributed by atoms with Gasteiger partial charge in [-0.25, -0.2) is 4.98 Å². The first-order chi connectivity index (χ1) is 31.2. The van der Waals surface area contributed by atoms with Gasteiger partial charge in [-0.1, -0.05) is 23.7 Å². The van der Waals surface area contributed by atoms with Gasteiger partial charge >= 0.3 is 0 Å². The molecule has 3 N–H and O–H groups in total. The van der Waals surface area contributed by atoms with E-state index in [9.17, 15) is 23.7 Å². The van der Waals surface area contributed by atoms with E-state index in [0.717, 1.165) is 86.1 Å². The lowest BCUT2D eigenvalue weighted by molar-refractivity contribution is -0.136. The number of hydrogen-bond acceptors (Lipinski definition) is 14. The molecule has 2 aromatic heterocycles. The monoisotopic (exact) mass is 919 g/mol. The van der Waals surface area contributed by atoms with Crippen molar-refractivity contribution in [1.82, 2.24) is 34.9 Å². The minimum Gasteiger partial charge on any atom is -0.494 e. The molecule has 4 aliphatic rings. The van der Waals surface area contributed by atoms with Crippen LogP contribution in [0.4, 0.5) is 34.5 Å². The number of aromatic nitrogens is 4. The van der Waals surface area contributed by atoms with Crippen LogP contribution >= 0.6 is 18.7 Å². The lowest BCUT2D eigenvalue weighted by Crippen LogP contribution is -2.54. The normalized spacial score (nSPS) is 18.5. The van der Waals surface area contributed by atoms with Crippen LogP contribution in [-0.4, -0.2) is 125 Å². The van der Waals surface area contributed by atoms with Gasteiger partial charge < -0.3 is 29.7 Å². The number of methoxy groups -OCH3 is 1. The predicted molar refractivity (Wildman–Crippen MR) is 251 cm³/mol. The van der Waals surface area contributed by atoms with E-state index in [2.05, 4.69) is 46.8 Å². The van der Waals surface area contributed by atoms with Gasteiger partial charge in [-0.3, -0.25) is 39.0 Å². The SMILES string of the molecule is COc1cc(N2CCN(CC3CCN(c4ccc5c(c4)C(=O)N(C4CCC(=O)NC4=O)C5=O)CC3)CC2)c(-c2cnn(C)c2)cc1Nc1ncc(Cl)c(Nc2ccccc2P(C)(C)=O)n1. The topological polar surface area (TPSA) is 187 Å². The highest BCUT2D eigenvalue weighted by Gasteiger charge is 2.45. The standard InChI is InChI=1S/C46H51ClN11O6P/c1-54-27-29(24-49-54)32-22-36(51-46-48-25-34(47)42(53-46)50-35-7-5-6-8-40(35)65(3,4)63)39(64-2)23-38(32)57-19-17-55(18-20-57)26-28-13-15-56(16-14-28)30-9-10-31-33(21-30)45(62)58(44(31)61)37-11-12-41(59)52-43(37)60/h5-10,21-25,27-28,37H,11-20,26H2,1-4H3,(H,52,59,60)(H2,48,50,51,53). The van der Waals surface area contributed by atoms with E-state index in [1.54, 1.807) is 37.3 Å². The molecule has 0 spiro atoms. The maximum Gasteiger partial charge on any atom is 0.262 e. The number of aryl methyl sites for hydroxylation is 1. The van der Waals surface area contributed by atoms with E-state index >= 15 is 0 Å². The molecule has 17 nitrogen and oxygen atoms in total. The number of amides is 4. The van der Waals surface area contributed by atoms with Crippen molar-refractivity contribution in [3.8, 4) is 16.9 Å². The summed E-state index contributed by atoms with van der Waals surface area (Å²) in [6, 6.07) is 15.9. The number of rotatable bonds is 12. The number of benzene rings is 3.